The highest BCUT2D eigenvalue weighted by atomic mass is 79.9. The van der Waals surface area contributed by atoms with Crippen molar-refractivity contribution in [2.45, 2.75) is 24.0 Å². The lowest BCUT2D eigenvalue weighted by Crippen LogP contribution is -2.21. The molecule has 1 fully saturated rings. The van der Waals surface area contributed by atoms with Gasteiger partial charge in [0.15, 0.2) is 0 Å². The molecule has 0 saturated heterocycles. The molecule has 0 aromatic heterocycles. The van der Waals surface area contributed by atoms with Gasteiger partial charge in [0.05, 0.1) is 4.75 Å². The summed E-state index contributed by atoms with van der Waals surface area (Å²) in [6, 6.07) is 4.23. The van der Waals surface area contributed by atoms with Gasteiger partial charge in [-0.25, -0.2) is 12.8 Å². The Morgan fingerprint density at radius 1 is 1.44 bits per heavy atom. The summed E-state index contributed by atoms with van der Waals surface area (Å²) >= 11 is 3.27. The van der Waals surface area contributed by atoms with Crippen LogP contribution in [0.5, 0.6) is 0 Å². The highest BCUT2D eigenvalue weighted by Gasteiger charge is 2.53. The van der Waals surface area contributed by atoms with Crippen LogP contribution in [0.1, 0.15) is 18.4 Å². The second kappa shape index (κ2) is 3.96. The second-order valence-corrected chi connectivity index (χ2v) is 7.85. The lowest BCUT2D eigenvalue weighted by molar-refractivity contribution is 0.588. The van der Waals surface area contributed by atoms with Gasteiger partial charge in [0.25, 0.3) is 0 Å². The van der Waals surface area contributed by atoms with E-state index < -0.39 is 13.8 Å². The fraction of sp³-hybridized carbons (Fsp3) is 0.400. The topological polar surface area (TPSA) is 34.1 Å². The third-order valence-corrected chi connectivity index (χ3v) is 6.19. The molecule has 0 N–H and O–H groups in total. The third kappa shape index (κ3) is 2.26. The first-order valence-corrected chi connectivity index (χ1v) is 7.82. The summed E-state index contributed by atoms with van der Waals surface area (Å²) in [6.07, 6.45) is 1.35. The van der Waals surface area contributed by atoms with Crippen LogP contribution < -0.4 is 0 Å². The highest BCUT2D eigenvalue weighted by molar-refractivity contribution is 9.10. The van der Waals surface area contributed by atoms with E-state index in [0.717, 1.165) is 0 Å². The van der Waals surface area contributed by atoms with Crippen molar-refractivity contribution >= 4 is 35.7 Å². The molecule has 0 aliphatic heterocycles. The van der Waals surface area contributed by atoms with Crippen LogP contribution in [0.3, 0.4) is 0 Å². The van der Waals surface area contributed by atoms with Crippen LogP contribution in [-0.2, 0) is 15.5 Å². The van der Waals surface area contributed by atoms with E-state index in [2.05, 4.69) is 15.9 Å². The van der Waals surface area contributed by atoms with Gasteiger partial charge < -0.3 is 0 Å². The van der Waals surface area contributed by atoms with Crippen LogP contribution in [-0.4, -0.2) is 13.2 Å². The number of hydrogen-bond donors (Lipinski definition) is 0. The van der Waals surface area contributed by atoms with Gasteiger partial charge in [-0.3, -0.25) is 0 Å². The first kappa shape index (κ1) is 12.3. The fourth-order valence-electron chi connectivity index (χ4n) is 1.67. The van der Waals surface area contributed by atoms with E-state index in [4.69, 9.17) is 10.7 Å². The molecular formula is C10H9BrClFO2S. The minimum atomic E-state index is -3.59. The first-order valence-electron chi connectivity index (χ1n) is 4.72. The number of benzene rings is 1. The summed E-state index contributed by atoms with van der Waals surface area (Å²) in [7, 11) is 1.80. The molecule has 0 atom stereocenters. The zero-order chi connectivity index (χ0) is 12.0. The predicted molar refractivity (Wildman–Crippen MR) is 64.5 cm³/mol. The normalized spacial score (nSPS) is 18.4. The van der Waals surface area contributed by atoms with Gasteiger partial charge in [-0.1, -0.05) is 15.9 Å². The van der Waals surface area contributed by atoms with E-state index in [1.807, 2.05) is 0 Å². The van der Waals surface area contributed by atoms with E-state index in [1.54, 1.807) is 6.07 Å². The van der Waals surface area contributed by atoms with E-state index in [9.17, 15) is 12.8 Å². The van der Waals surface area contributed by atoms with Crippen molar-refractivity contribution in [3.63, 3.8) is 0 Å². The minimum absolute atomic E-state index is 0.261. The monoisotopic (exact) mass is 326 g/mol. The summed E-state index contributed by atoms with van der Waals surface area (Å²) in [5.41, 5.74) is 0.640. The molecule has 6 heteroatoms. The predicted octanol–water partition coefficient (Wildman–Crippen LogP) is 3.23. The molecule has 1 aliphatic carbocycles. The van der Waals surface area contributed by atoms with Gasteiger partial charge >= 0.3 is 0 Å². The van der Waals surface area contributed by atoms with E-state index >= 15 is 0 Å². The van der Waals surface area contributed by atoms with Gasteiger partial charge in [0, 0.05) is 15.2 Å². The molecule has 1 saturated carbocycles. The van der Waals surface area contributed by atoms with Crippen molar-refractivity contribution < 1.29 is 12.8 Å². The van der Waals surface area contributed by atoms with Crippen LogP contribution >= 0.6 is 26.6 Å². The molecule has 0 spiro atoms. The Hall–Kier alpha value is -0.130. The van der Waals surface area contributed by atoms with Crippen LogP contribution in [0.2, 0.25) is 0 Å². The van der Waals surface area contributed by atoms with Gasteiger partial charge in [-0.2, -0.15) is 0 Å². The number of hydrogen-bond acceptors (Lipinski definition) is 2. The molecule has 16 heavy (non-hydrogen) atoms. The molecule has 2 nitrogen and oxygen atoms in total. The fourth-order valence-corrected chi connectivity index (χ4v) is 3.60. The Labute approximate surface area is 106 Å². The standard InChI is InChI=1S/C10H9BrClFO2S/c11-9-2-1-8(13)5-7(9)6-10(3-4-10)16(12,14)15/h1-2,5H,3-4,6H2. The maximum absolute atomic E-state index is 13.0. The Bertz CT molecular complexity index is 526. The molecular weight excluding hydrogens is 319 g/mol. The molecule has 1 aromatic rings. The number of rotatable bonds is 3. The average molecular weight is 328 g/mol. The molecule has 0 heterocycles. The zero-order valence-corrected chi connectivity index (χ0v) is 11.4. The molecule has 0 unspecified atom stereocenters. The molecule has 0 radical (unpaired) electrons. The second-order valence-electron chi connectivity index (χ2n) is 4.03. The zero-order valence-electron chi connectivity index (χ0n) is 8.21. The van der Waals surface area contributed by atoms with Gasteiger partial charge in [0.2, 0.25) is 9.05 Å². The lowest BCUT2D eigenvalue weighted by Gasteiger charge is -2.12. The molecule has 88 valence electrons. The summed E-state index contributed by atoms with van der Waals surface area (Å²) < 4.78 is 35.6. The van der Waals surface area contributed by atoms with Crippen molar-refractivity contribution in [1.82, 2.24) is 0 Å². The maximum atomic E-state index is 13.0. The third-order valence-electron chi connectivity index (χ3n) is 2.85. The molecule has 2 rings (SSSR count). The Kier molecular flexibility index (Phi) is 3.05. The summed E-state index contributed by atoms with van der Waals surface area (Å²) in [5, 5.41) is 0. The van der Waals surface area contributed by atoms with E-state index in [0.29, 0.717) is 22.9 Å². The first-order chi connectivity index (χ1) is 7.34. The van der Waals surface area contributed by atoms with Crippen molar-refractivity contribution in [1.29, 1.82) is 0 Å². The number of halogens is 3. The summed E-state index contributed by atoms with van der Waals surface area (Å²) in [5.74, 6) is -0.374. The van der Waals surface area contributed by atoms with Crippen LogP contribution in [0.25, 0.3) is 0 Å². The minimum Gasteiger partial charge on any atom is -0.212 e. The Morgan fingerprint density at radius 3 is 2.56 bits per heavy atom. The van der Waals surface area contributed by atoms with Crippen LogP contribution in [0.4, 0.5) is 4.39 Å². The van der Waals surface area contributed by atoms with Crippen LogP contribution in [0, 0.1) is 5.82 Å². The molecule has 0 amide bonds. The van der Waals surface area contributed by atoms with Crippen molar-refractivity contribution in [2.75, 3.05) is 0 Å². The quantitative estimate of drug-likeness (QED) is 0.799. The van der Waals surface area contributed by atoms with Crippen molar-refractivity contribution in [3.05, 3.63) is 34.1 Å². The summed E-state index contributed by atoms with van der Waals surface area (Å²) in [4.78, 5) is 0. The molecule has 1 aliphatic rings. The lowest BCUT2D eigenvalue weighted by atomic mass is 10.1. The van der Waals surface area contributed by atoms with Crippen molar-refractivity contribution in [3.8, 4) is 0 Å². The van der Waals surface area contributed by atoms with Crippen LogP contribution in [0.15, 0.2) is 22.7 Å². The molecule has 0 bridgehead atoms. The SMILES string of the molecule is O=S(=O)(Cl)C1(Cc2cc(F)ccc2Br)CC1. The van der Waals surface area contributed by atoms with Crippen molar-refractivity contribution in [2.24, 2.45) is 0 Å². The maximum Gasteiger partial charge on any atom is 0.238 e. The average Bonchev–Trinajstić information content (AvgIpc) is 2.91. The smallest absolute Gasteiger partial charge is 0.212 e. The Morgan fingerprint density at radius 2 is 2.06 bits per heavy atom. The van der Waals surface area contributed by atoms with Gasteiger partial charge in [0.1, 0.15) is 5.82 Å². The van der Waals surface area contributed by atoms with E-state index in [1.165, 1.54) is 12.1 Å². The highest BCUT2D eigenvalue weighted by Crippen LogP contribution is 2.48. The summed E-state index contributed by atoms with van der Waals surface area (Å²) in [6.45, 7) is 0. The Balaban J connectivity index is 2.32. The largest absolute Gasteiger partial charge is 0.238 e. The van der Waals surface area contributed by atoms with Gasteiger partial charge in [-0.15, -0.1) is 0 Å². The molecule has 1 aromatic carbocycles. The van der Waals surface area contributed by atoms with E-state index in [-0.39, 0.29) is 12.2 Å². The van der Waals surface area contributed by atoms with Gasteiger partial charge in [-0.05, 0) is 43.0 Å².